The third-order valence-electron chi connectivity index (χ3n) is 7.34. The van der Waals surface area contributed by atoms with E-state index in [1.807, 2.05) is 6.07 Å². The van der Waals surface area contributed by atoms with Gasteiger partial charge in [-0.2, -0.15) is 23.5 Å². The van der Waals surface area contributed by atoms with E-state index in [2.05, 4.69) is 10.4 Å². The van der Waals surface area contributed by atoms with E-state index in [-0.39, 0.29) is 67.8 Å². The van der Waals surface area contributed by atoms with Gasteiger partial charge in [0.2, 0.25) is 0 Å². The number of piperazine rings is 1. The molecular formula is C26H19F5N6O3S. The van der Waals surface area contributed by atoms with Gasteiger partial charge in [0.05, 0.1) is 33.6 Å². The fourth-order valence-corrected chi connectivity index (χ4v) is 6.60. The fraction of sp³-hybridized carbons (Fsp3) is 0.308. The topological polar surface area (TPSA) is 126 Å². The maximum absolute atomic E-state index is 16.0. The van der Waals surface area contributed by atoms with E-state index in [1.165, 1.54) is 21.8 Å². The Bertz CT molecular complexity index is 1810. The second-order valence-electron chi connectivity index (χ2n) is 9.87. The van der Waals surface area contributed by atoms with Crippen molar-refractivity contribution in [1.82, 2.24) is 20.0 Å². The number of aromatic nitrogens is 2. The van der Waals surface area contributed by atoms with E-state index in [0.29, 0.717) is 0 Å². The van der Waals surface area contributed by atoms with Crippen LogP contribution in [-0.2, 0) is 16.1 Å². The number of amides is 1. The highest BCUT2D eigenvalue weighted by Gasteiger charge is 2.47. The first-order valence-electron chi connectivity index (χ1n) is 12.3. The molecule has 3 atom stereocenters. The summed E-state index contributed by atoms with van der Waals surface area (Å²) in [5.74, 6) is -4.57. The number of fused-ring (bicyclic) bond motifs is 2. The van der Waals surface area contributed by atoms with Gasteiger partial charge in [0, 0.05) is 35.5 Å². The average molecular weight is 591 g/mol. The van der Waals surface area contributed by atoms with E-state index in [0.717, 1.165) is 23.5 Å². The molecule has 0 aliphatic carbocycles. The number of alkyl halides is 3. The third kappa shape index (κ3) is 4.16. The van der Waals surface area contributed by atoms with Crippen molar-refractivity contribution in [3.05, 3.63) is 47.2 Å². The maximum atomic E-state index is 16.0. The lowest BCUT2D eigenvalue weighted by Crippen LogP contribution is -2.65. The molecule has 2 aromatic heterocycles. The first-order valence-corrected chi connectivity index (χ1v) is 13.2. The van der Waals surface area contributed by atoms with Crippen LogP contribution >= 0.6 is 11.3 Å². The summed E-state index contributed by atoms with van der Waals surface area (Å²) in [5, 5.41) is 17.2. The predicted molar refractivity (Wildman–Crippen MR) is 138 cm³/mol. The molecule has 9 nitrogen and oxygen atoms in total. The summed E-state index contributed by atoms with van der Waals surface area (Å²) >= 11 is 0.863. The van der Waals surface area contributed by atoms with Crippen molar-refractivity contribution in [2.45, 2.75) is 44.4 Å². The fourth-order valence-electron chi connectivity index (χ4n) is 5.65. The number of benzene rings is 2. The standard InChI is InChI=1S/C26H19F5N6O3S/c1-10-9-36-17(23(35-10)40-25(39)26(29,30)31)4-5-37-20-12(24(36)38)6-16(28)18(14(20)8-34-37)11-2-3-15(27)21-19(11)13(7-32)22(33)41-21/h2-3,6,8,10,17,23,35H,4-5,9,33H2,1H3/t10-,17+,23?/m1/s1. The Morgan fingerprint density at radius 3 is 2.73 bits per heavy atom. The number of ether oxygens (including phenoxy) is 1. The molecule has 212 valence electrons. The minimum atomic E-state index is -5.23. The molecule has 1 fully saturated rings. The van der Waals surface area contributed by atoms with E-state index in [9.17, 15) is 32.4 Å². The molecule has 1 amide bonds. The average Bonchev–Trinajstić information content (AvgIpc) is 3.47. The van der Waals surface area contributed by atoms with Crippen LogP contribution in [0.3, 0.4) is 0 Å². The summed E-state index contributed by atoms with van der Waals surface area (Å²) < 4.78 is 75.8. The Kier molecular flexibility index (Phi) is 6.16. The van der Waals surface area contributed by atoms with Gasteiger partial charge >= 0.3 is 12.1 Å². The molecule has 0 radical (unpaired) electrons. The Morgan fingerprint density at radius 2 is 2.02 bits per heavy atom. The number of nitrogens with two attached hydrogens (primary N) is 1. The summed E-state index contributed by atoms with van der Waals surface area (Å²) in [4.78, 5) is 26.8. The first-order chi connectivity index (χ1) is 19.4. The van der Waals surface area contributed by atoms with Crippen molar-refractivity contribution < 1.29 is 36.3 Å². The second-order valence-corrected chi connectivity index (χ2v) is 10.9. The summed E-state index contributed by atoms with van der Waals surface area (Å²) in [6.07, 6.45) is -5.29. The SMILES string of the molecule is C[C@@H]1CN2C(=O)c3cc(F)c(-c4ccc(F)c5sc(N)c(C#N)c45)c4cnn(c34)CC[C@H]2C(OC(=O)C(F)(F)F)N1. The smallest absolute Gasteiger partial charge is 0.438 e. The molecule has 1 saturated heterocycles. The van der Waals surface area contributed by atoms with Gasteiger partial charge in [-0.25, -0.2) is 13.6 Å². The number of anilines is 1. The number of nitrogens with zero attached hydrogens (tertiary/aromatic N) is 4. The Labute approximate surface area is 231 Å². The van der Waals surface area contributed by atoms with Gasteiger partial charge in [-0.1, -0.05) is 6.07 Å². The number of carbonyl (C=O) groups is 2. The van der Waals surface area contributed by atoms with Crippen LogP contribution in [0.4, 0.5) is 27.0 Å². The van der Waals surface area contributed by atoms with Crippen molar-refractivity contribution in [2.75, 3.05) is 12.3 Å². The highest BCUT2D eigenvalue weighted by Crippen LogP contribution is 2.44. The van der Waals surface area contributed by atoms with Gasteiger partial charge in [0.15, 0.2) is 6.23 Å². The van der Waals surface area contributed by atoms with Crippen molar-refractivity contribution in [1.29, 1.82) is 5.26 Å². The molecule has 41 heavy (non-hydrogen) atoms. The molecule has 2 aliphatic rings. The van der Waals surface area contributed by atoms with Gasteiger partial charge in [-0.3, -0.25) is 14.8 Å². The molecule has 0 spiro atoms. The molecule has 15 heteroatoms. The van der Waals surface area contributed by atoms with Crippen molar-refractivity contribution in [2.24, 2.45) is 0 Å². The molecule has 1 unspecified atom stereocenters. The summed E-state index contributed by atoms with van der Waals surface area (Å²) in [6, 6.07) is 3.88. The number of nitriles is 1. The number of rotatable bonds is 2. The lowest BCUT2D eigenvalue weighted by Gasteiger charge is -2.44. The molecular weight excluding hydrogens is 571 g/mol. The van der Waals surface area contributed by atoms with Crippen molar-refractivity contribution in [3.8, 4) is 17.2 Å². The van der Waals surface area contributed by atoms with Crippen LogP contribution in [0.1, 0.15) is 29.3 Å². The normalized spacial score (nSPS) is 21.0. The predicted octanol–water partition coefficient (Wildman–Crippen LogP) is 4.29. The molecule has 4 aromatic rings. The number of nitrogens with one attached hydrogen (secondary N) is 1. The van der Waals surface area contributed by atoms with Gasteiger partial charge in [-0.15, -0.1) is 11.3 Å². The molecule has 2 aliphatic heterocycles. The minimum Gasteiger partial charge on any atom is -0.438 e. The third-order valence-corrected chi connectivity index (χ3v) is 8.36. The maximum Gasteiger partial charge on any atom is 0.490 e. The van der Waals surface area contributed by atoms with Crippen LogP contribution < -0.4 is 11.1 Å². The minimum absolute atomic E-state index is 0.00203. The quantitative estimate of drug-likeness (QED) is 0.264. The van der Waals surface area contributed by atoms with E-state index >= 15 is 4.39 Å². The zero-order chi connectivity index (χ0) is 29.4. The molecule has 0 saturated carbocycles. The molecule has 3 N–H and O–H groups in total. The molecule has 2 aromatic carbocycles. The Balaban J connectivity index is 1.50. The van der Waals surface area contributed by atoms with Crippen LogP contribution in [0.25, 0.3) is 32.1 Å². The lowest BCUT2D eigenvalue weighted by atomic mass is 9.93. The number of nitrogen functional groups attached to an aromatic ring is 1. The van der Waals surface area contributed by atoms with Gasteiger partial charge < -0.3 is 15.4 Å². The number of hydrogen-bond acceptors (Lipinski definition) is 8. The monoisotopic (exact) mass is 590 g/mol. The number of carbonyl (C=O) groups excluding carboxylic acids is 2. The second kappa shape index (κ2) is 9.38. The van der Waals surface area contributed by atoms with E-state index < -0.39 is 48.0 Å². The molecule has 4 heterocycles. The number of esters is 1. The Hall–Kier alpha value is -4.29. The summed E-state index contributed by atoms with van der Waals surface area (Å²) in [5.41, 5.74) is 6.30. The number of thiophene rings is 1. The zero-order valence-electron chi connectivity index (χ0n) is 21.1. The highest BCUT2D eigenvalue weighted by molar-refractivity contribution is 7.23. The van der Waals surface area contributed by atoms with Crippen LogP contribution in [0.15, 0.2) is 24.4 Å². The lowest BCUT2D eigenvalue weighted by molar-refractivity contribution is -0.211. The zero-order valence-corrected chi connectivity index (χ0v) is 21.9. The van der Waals surface area contributed by atoms with Gasteiger partial charge in [-0.05, 0) is 31.0 Å². The highest BCUT2D eigenvalue weighted by atomic mass is 32.1. The Morgan fingerprint density at radius 1 is 1.27 bits per heavy atom. The van der Waals surface area contributed by atoms with Crippen molar-refractivity contribution >= 4 is 49.2 Å². The largest absolute Gasteiger partial charge is 0.490 e. The molecule has 6 rings (SSSR count). The van der Waals surface area contributed by atoms with Crippen molar-refractivity contribution in [3.63, 3.8) is 0 Å². The van der Waals surface area contributed by atoms with E-state index in [1.54, 1.807) is 6.92 Å². The summed E-state index contributed by atoms with van der Waals surface area (Å²) in [7, 11) is 0. The number of aryl methyl sites for hydroxylation is 1. The molecule has 0 bridgehead atoms. The van der Waals surface area contributed by atoms with Crippen LogP contribution in [0, 0.1) is 23.0 Å². The van der Waals surface area contributed by atoms with Crippen LogP contribution in [-0.4, -0.2) is 57.6 Å². The van der Waals surface area contributed by atoms with Crippen LogP contribution in [0.5, 0.6) is 0 Å². The summed E-state index contributed by atoms with van der Waals surface area (Å²) in [6.45, 7) is 1.75. The van der Waals surface area contributed by atoms with E-state index in [4.69, 9.17) is 10.5 Å². The number of halogens is 5. The first kappa shape index (κ1) is 26.9. The van der Waals surface area contributed by atoms with Crippen LogP contribution in [0.2, 0.25) is 0 Å². The van der Waals surface area contributed by atoms with Gasteiger partial charge in [0.1, 0.15) is 22.7 Å². The number of hydrogen-bond donors (Lipinski definition) is 2. The van der Waals surface area contributed by atoms with Gasteiger partial charge in [0.25, 0.3) is 5.91 Å².